The van der Waals surface area contributed by atoms with Crippen LogP contribution >= 0.6 is 0 Å². The fraction of sp³-hybridized carbons (Fsp3) is 0.222. The van der Waals surface area contributed by atoms with Crippen LogP contribution in [0, 0.1) is 0 Å². The zero-order valence-electron chi connectivity index (χ0n) is 19.9. The number of ether oxygens (including phenoxy) is 3. The molecule has 0 aliphatic carbocycles. The summed E-state index contributed by atoms with van der Waals surface area (Å²) >= 11 is 0. The monoisotopic (exact) mass is 476 g/mol. The number of hydrogen-bond acceptors (Lipinski definition) is 6. The smallest absolute Gasteiger partial charge is 0.269 e. The highest BCUT2D eigenvalue weighted by atomic mass is 16.5. The highest BCUT2D eigenvalue weighted by Gasteiger charge is 2.19. The third-order valence-electron chi connectivity index (χ3n) is 4.91. The van der Waals surface area contributed by atoms with Gasteiger partial charge in [-0.3, -0.25) is 25.2 Å². The highest BCUT2D eigenvalue weighted by Crippen LogP contribution is 2.39. The molecular formula is C27H28N2O6. The third-order valence-corrected chi connectivity index (χ3v) is 4.91. The summed E-state index contributed by atoms with van der Waals surface area (Å²) in [6, 6.07) is 18.1. The zero-order chi connectivity index (χ0) is 25.2. The fourth-order valence-corrected chi connectivity index (χ4v) is 3.31. The molecule has 0 aromatic heterocycles. The van der Waals surface area contributed by atoms with Crippen molar-refractivity contribution in [3.05, 3.63) is 89.0 Å². The lowest BCUT2D eigenvalue weighted by Crippen LogP contribution is -2.41. The van der Waals surface area contributed by atoms with E-state index in [1.54, 1.807) is 36.4 Å². The Morgan fingerprint density at radius 1 is 0.600 bits per heavy atom. The summed E-state index contributed by atoms with van der Waals surface area (Å²) in [6.07, 6.45) is 0. The number of carbonyl (C=O) groups excluding carboxylic acids is 3. The van der Waals surface area contributed by atoms with Gasteiger partial charge in [0.2, 0.25) is 5.75 Å². The SMILES string of the molecule is CCOc1cc(C(=O)NNC(=O)c2ccc(C(=O)c3ccccc3)cc2)cc(OCC)c1OCC. The molecule has 8 nitrogen and oxygen atoms in total. The third kappa shape index (κ3) is 6.38. The first-order chi connectivity index (χ1) is 17.0. The van der Waals surface area contributed by atoms with E-state index in [-0.39, 0.29) is 16.9 Å². The second kappa shape index (κ2) is 12.2. The molecule has 3 aromatic carbocycles. The number of carbonyl (C=O) groups is 3. The Labute approximate surface area is 204 Å². The van der Waals surface area contributed by atoms with Crippen molar-refractivity contribution in [1.29, 1.82) is 0 Å². The minimum Gasteiger partial charge on any atom is -0.490 e. The van der Waals surface area contributed by atoms with Crippen LogP contribution in [-0.2, 0) is 0 Å². The van der Waals surface area contributed by atoms with Gasteiger partial charge in [-0.2, -0.15) is 0 Å². The number of ketones is 1. The van der Waals surface area contributed by atoms with Crippen LogP contribution in [0.2, 0.25) is 0 Å². The second-order valence-electron chi connectivity index (χ2n) is 7.28. The fourth-order valence-electron chi connectivity index (χ4n) is 3.31. The van der Waals surface area contributed by atoms with Crippen LogP contribution in [0.4, 0.5) is 0 Å². The van der Waals surface area contributed by atoms with Crippen LogP contribution in [0.3, 0.4) is 0 Å². The average molecular weight is 477 g/mol. The first kappa shape index (κ1) is 25.3. The van der Waals surface area contributed by atoms with Gasteiger partial charge in [0.1, 0.15) is 0 Å². The maximum Gasteiger partial charge on any atom is 0.269 e. The summed E-state index contributed by atoms with van der Waals surface area (Å²) in [5.41, 5.74) is 6.30. The van der Waals surface area contributed by atoms with Crippen molar-refractivity contribution in [2.75, 3.05) is 19.8 Å². The minimum atomic E-state index is -0.556. The normalized spacial score (nSPS) is 10.3. The van der Waals surface area contributed by atoms with Gasteiger partial charge in [-0.25, -0.2) is 0 Å². The Kier molecular flexibility index (Phi) is 8.83. The number of hydrazine groups is 1. The van der Waals surface area contributed by atoms with Crippen molar-refractivity contribution in [2.24, 2.45) is 0 Å². The lowest BCUT2D eigenvalue weighted by atomic mass is 10.0. The summed E-state index contributed by atoms with van der Waals surface area (Å²) in [5.74, 6) is -0.0679. The molecule has 0 saturated carbocycles. The zero-order valence-corrected chi connectivity index (χ0v) is 19.9. The van der Waals surface area contributed by atoms with Crippen LogP contribution in [0.15, 0.2) is 66.7 Å². The minimum absolute atomic E-state index is 0.142. The number of rotatable bonds is 10. The maximum absolute atomic E-state index is 12.7. The molecule has 2 amide bonds. The van der Waals surface area contributed by atoms with E-state index in [1.807, 2.05) is 26.8 Å². The summed E-state index contributed by atoms with van der Waals surface area (Å²) < 4.78 is 16.9. The number of benzene rings is 3. The van der Waals surface area contributed by atoms with Crippen LogP contribution in [-0.4, -0.2) is 37.4 Å². The van der Waals surface area contributed by atoms with Gasteiger partial charge in [0.05, 0.1) is 19.8 Å². The Morgan fingerprint density at radius 3 is 1.57 bits per heavy atom. The molecular weight excluding hydrogens is 448 g/mol. The molecule has 0 aliphatic heterocycles. The van der Waals surface area contributed by atoms with Crippen LogP contribution in [0.5, 0.6) is 17.2 Å². The van der Waals surface area contributed by atoms with Crippen LogP contribution in [0.1, 0.15) is 57.4 Å². The quantitative estimate of drug-likeness (QED) is 0.336. The standard InChI is InChI=1S/C27H28N2O6/c1-4-33-22-16-21(17-23(34-5-2)25(22)35-6-3)27(32)29-28-26(31)20-14-12-19(13-15-20)24(30)18-10-8-7-9-11-18/h7-17H,4-6H2,1-3H3,(H,28,31)(H,29,32). The van der Waals surface area contributed by atoms with Gasteiger partial charge in [0.25, 0.3) is 11.8 Å². The maximum atomic E-state index is 12.7. The average Bonchev–Trinajstić information content (AvgIpc) is 2.89. The van der Waals surface area contributed by atoms with E-state index in [0.717, 1.165) is 0 Å². The molecule has 182 valence electrons. The van der Waals surface area contributed by atoms with Gasteiger partial charge in [0.15, 0.2) is 17.3 Å². The Hall–Kier alpha value is -4.33. The predicted octanol–water partition coefficient (Wildman–Crippen LogP) is 4.19. The Morgan fingerprint density at radius 2 is 1.06 bits per heavy atom. The Bertz CT molecular complexity index is 1150. The number of amides is 2. The molecule has 35 heavy (non-hydrogen) atoms. The molecule has 0 heterocycles. The van der Waals surface area contributed by atoms with Gasteiger partial charge < -0.3 is 14.2 Å². The molecule has 0 saturated heterocycles. The van der Waals surface area contributed by atoms with Crippen LogP contribution < -0.4 is 25.1 Å². The van der Waals surface area contributed by atoms with Crippen molar-refractivity contribution in [3.63, 3.8) is 0 Å². The molecule has 2 N–H and O–H groups in total. The van der Waals surface area contributed by atoms with Gasteiger partial charge >= 0.3 is 0 Å². The molecule has 0 radical (unpaired) electrons. The summed E-state index contributed by atoms with van der Waals surface area (Å²) in [7, 11) is 0. The van der Waals surface area contributed by atoms with Crippen molar-refractivity contribution < 1.29 is 28.6 Å². The van der Waals surface area contributed by atoms with Crippen molar-refractivity contribution in [1.82, 2.24) is 10.9 Å². The van der Waals surface area contributed by atoms with E-state index in [4.69, 9.17) is 14.2 Å². The number of hydrogen-bond donors (Lipinski definition) is 2. The van der Waals surface area contributed by atoms with E-state index in [9.17, 15) is 14.4 Å². The van der Waals surface area contributed by atoms with Gasteiger partial charge in [0, 0.05) is 22.3 Å². The second-order valence-corrected chi connectivity index (χ2v) is 7.28. The first-order valence-corrected chi connectivity index (χ1v) is 11.3. The van der Waals surface area contributed by atoms with E-state index >= 15 is 0 Å². The molecule has 0 spiro atoms. The van der Waals surface area contributed by atoms with Gasteiger partial charge in [-0.1, -0.05) is 42.5 Å². The van der Waals surface area contributed by atoms with E-state index in [0.29, 0.717) is 48.2 Å². The first-order valence-electron chi connectivity index (χ1n) is 11.3. The van der Waals surface area contributed by atoms with Crippen molar-refractivity contribution in [3.8, 4) is 17.2 Å². The summed E-state index contributed by atoms with van der Waals surface area (Å²) in [4.78, 5) is 37.8. The van der Waals surface area contributed by atoms with Crippen LogP contribution in [0.25, 0.3) is 0 Å². The molecule has 0 aliphatic rings. The molecule has 8 heteroatoms. The van der Waals surface area contributed by atoms with Crippen molar-refractivity contribution >= 4 is 17.6 Å². The topological polar surface area (TPSA) is 103 Å². The van der Waals surface area contributed by atoms with E-state index in [2.05, 4.69) is 10.9 Å². The molecule has 3 aromatic rings. The van der Waals surface area contributed by atoms with E-state index in [1.165, 1.54) is 24.3 Å². The lowest BCUT2D eigenvalue weighted by molar-refractivity contribution is 0.0846. The lowest BCUT2D eigenvalue weighted by Gasteiger charge is -2.17. The predicted molar refractivity (Wildman–Crippen MR) is 131 cm³/mol. The number of nitrogens with one attached hydrogen (secondary N) is 2. The van der Waals surface area contributed by atoms with Crippen molar-refractivity contribution in [2.45, 2.75) is 20.8 Å². The molecule has 0 bridgehead atoms. The summed E-state index contributed by atoms with van der Waals surface area (Å²) in [5, 5.41) is 0. The largest absolute Gasteiger partial charge is 0.490 e. The molecule has 3 rings (SSSR count). The van der Waals surface area contributed by atoms with Gasteiger partial charge in [-0.05, 0) is 45.0 Å². The summed E-state index contributed by atoms with van der Waals surface area (Å²) in [6.45, 7) is 6.62. The van der Waals surface area contributed by atoms with E-state index < -0.39 is 11.8 Å². The Balaban J connectivity index is 1.69. The van der Waals surface area contributed by atoms with Gasteiger partial charge in [-0.15, -0.1) is 0 Å². The molecule has 0 atom stereocenters. The molecule has 0 unspecified atom stereocenters. The highest BCUT2D eigenvalue weighted by molar-refractivity contribution is 6.09. The molecule has 0 fully saturated rings.